The van der Waals surface area contributed by atoms with Gasteiger partial charge in [-0.15, -0.1) is 11.3 Å². The van der Waals surface area contributed by atoms with E-state index in [1.807, 2.05) is 4.72 Å². The number of nitrogens with zero attached hydrogens (tertiary/aromatic N) is 1. The summed E-state index contributed by atoms with van der Waals surface area (Å²) in [5.74, 6) is -4.92. The molecule has 6 nitrogen and oxygen atoms in total. The molecule has 0 spiro atoms. The number of anilines is 1. The first kappa shape index (κ1) is 15.3. The fourth-order valence-electron chi connectivity index (χ4n) is 1.51. The second-order valence-corrected chi connectivity index (χ2v) is 6.45. The maximum atomic E-state index is 13.9. The Hall–Kier alpha value is -2.07. The van der Waals surface area contributed by atoms with Crippen molar-refractivity contribution in [1.82, 2.24) is 4.98 Å². The number of aromatic carboxylic acids is 1. The summed E-state index contributed by atoms with van der Waals surface area (Å²) in [7, 11) is -4.41. The molecule has 10 heteroatoms. The molecule has 21 heavy (non-hydrogen) atoms. The Labute approximate surface area is 122 Å². The van der Waals surface area contributed by atoms with E-state index in [4.69, 9.17) is 5.11 Å². The molecule has 0 aliphatic rings. The lowest BCUT2D eigenvalue weighted by Crippen LogP contribution is -2.17. The highest BCUT2D eigenvalue weighted by molar-refractivity contribution is 7.93. The third kappa shape index (κ3) is 3.00. The summed E-state index contributed by atoms with van der Waals surface area (Å²) >= 11 is 0.976. The molecule has 1 aromatic heterocycles. The van der Waals surface area contributed by atoms with Gasteiger partial charge in [0.15, 0.2) is 10.9 Å². The maximum Gasteiger partial charge on any atom is 0.341 e. The van der Waals surface area contributed by atoms with E-state index >= 15 is 0 Å². The summed E-state index contributed by atoms with van der Waals surface area (Å²) in [6, 6.07) is 1.23. The molecular formula is C11H8F2N2O4S2. The van der Waals surface area contributed by atoms with E-state index in [1.54, 1.807) is 12.3 Å². The van der Waals surface area contributed by atoms with E-state index in [1.165, 1.54) is 0 Å². The first-order valence-electron chi connectivity index (χ1n) is 5.38. The first-order valence-corrected chi connectivity index (χ1v) is 7.75. The van der Waals surface area contributed by atoms with Gasteiger partial charge in [-0.1, -0.05) is 0 Å². The van der Waals surface area contributed by atoms with Gasteiger partial charge in [0.1, 0.15) is 16.3 Å². The van der Waals surface area contributed by atoms with E-state index < -0.39 is 38.1 Å². The van der Waals surface area contributed by atoms with Gasteiger partial charge in [0, 0.05) is 5.38 Å². The Balaban J connectivity index is 2.50. The average molecular weight is 334 g/mol. The Morgan fingerprint density at radius 1 is 1.38 bits per heavy atom. The quantitative estimate of drug-likeness (QED) is 0.894. The van der Waals surface area contributed by atoms with Crippen molar-refractivity contribution in [2.75, 3.05) is 4.72 Å². The number of halogens is 2. The molecule has 0 saturated carbocycles. The fraction of sp³-hybridized carbons (Fsp3) is 0.0909. The van der Waals surface area contributed by atoms with Crippen molar-refractivity contribution in [2.45, 2.75) is 11.8 Å². The number of aromatic nitrogens is 1. The minimum Gasteiger partial charge on any atom is -0.477 e. The monoisotopic (exact) mass is 334 g/mol. The zero-order chi connectivity index (χ0) is 15.8. The predicted octanol–water partition coefficient (Wildman–Crippen LogP) is 2.23. The minimum atomic E-state index is -4.41. The van der Waals surface area contributed by atoms with Crippen molar-refractivity contribution in [3.63, 3.8) is 0 Å². The third-order valence-corrected chi connectivity index (χ3v) is 4.76. The first-order chi connectivity index (χ1) is 9.72. The van der Waals surface area contributed by atoms with Crippen LogP contribution in [-0.4, -0.2) is 24.5 Å². The number of benzene rings is 1. The van der Waals surface area contributed by atoms with Crippen molar-refractivity contribution in [3.05, 3.63) is 40.4 Å². The molecule has 0 atom stereocenters. The normalized spacial score (nSPS) is 11.4. The lowest BCUT2D eigenvalue weighted by Gasteiger charge is -2.08. The third-order valence-electron chi connectivity index (χ3n) is 2.40. The van der Waals surface area contributed by atoms with Crippen LogP contribution >= 0.6 is 11.3 Å². The topological polar surface area (TPSA) is 96.4 Å². The van der Waals surface area contributed by atoms with Crippen molar-refractivity contribution < 1.29 is 27.1 Å². The molecule has 0 saturated heterocycles. The smallest absolute Gasteiger partial charge is 0.341 e. The van der Waals surface area contributed by atoms with Crippen molar-refractivity contribution >= 4 is 32.5 Å². The summed E-state index contributed by atoms with van der Waals surface area (Å²) in [6.07, 6.45) is 0. The highest BCUT2D eigenvalue weighted by Gasteiger charge is 2.27. The van der Waals surface area contributed by atoms with E-state index in [0.29, 0.717) is 17.8 Å². The Kier molecular flexibility index (Phi) is 3.92. The Morgan fingerprint density at radius 3 is 2.57 bits per heavy atom. The van der Waals surface area contributed by atoms with Crippen LogP contribution in [0.3, 0.4) is 0 Å². The van der Waals surface area contributed by atoms with Crippen LogP contribution in [0.4, 0.5) is 13.9 Å². The summed E-state index contributed by atoms with van der Waals surface area (Å²) in [4.78, 5) is 13.7. The van der Waals surface area contributed by atoms with Gasteiger partial charge in [0.25, 0.3) is 10.0 Å². The van der Waals surface area contributed by atoms with Gasteiger partial charge in [-0.2, -0.15) is 0 Å². The van der Waals surface area contributed by atoms with Gasteiger partial charge in [-0.3, -0.25) is 4.72 Å². The second-order valence-electron chi connectivity index (χ2n) is 3.94. The van der Waals surface area contributed by atoms with Crippen molar-refractivity contribution in [3.8, 4) is 0 Å². The van der Waals surface area contributed by atoms with Crippen LogP contribution in [0.2, 0.25) is 0 Å². The van der Waals surface area contributed by atoms with Gasteiger partial charge in [0.2, 0.25) is 0 Å². The van der Waals surface area contributed by atoms with Crippen LogP contribution in [-0.2, 0) is 10.0 Å². The highest BCUT2D eigenvalue weighted by Crippen LogP contribution is 2.24. The lowest BCUT2D eigenvalue weighted by atomic mass is 10.2. The Bertz CT molecular complexity index is 818. The molecule has 1 heterocycles. The van der Waals surface area contributed by atoms with Crippen molar-refractivity contribution in [1.29, 1.82) is 0 Å². The number of rotatable bonds is 4. The molecular weight excluding hydrogens is 326 g/mol. The summed E-state index contributed by atoms with van der Waals surface area (Å²) in [5, 5.41) is 10.3. The highest BCUT2D eigenvalue weighted by atomic mass is 32.2. The van der Waals surface area contributed by atoms with Gasteiger partial charge < -0.3 is 5.11 Å². The molecule has 112 valence electrons. The maximum absolute atomic E-state index is 13.9. The molecule has 2 rings (SSSR count). The molecule has 0 radical (unpaired) electrons. The molecule has 2 N–H and O–H groups in total. The Morgan fingerprint density at radius 2 is 2.05 bits per heavy atom. The molecule has 0 aliphatic carbocycles. The van der Waals surface area contributed by atoms with Gasteiger partial charge >= 0.3 is 5.97 Å². The average Bonchev–Trinajstić information content (AvgIpc) is 2.72. The van der Waals surface area contributed by atoms with Crippen LogP contribution in [0.15, 0.2) is 22.4 Å². The molecule has 0 unspecified atom stereocenters. The number of aryl methyl sites for hydroxylation is 1. The van der Waals surface area contributed by atoms with E-state index in [0.717, 1.165) is 11.3 Å². The van der Waals surface area contributed by atoms with Crippen LogP contribution in [0.5, 0.6) is 0 Å². The number of thiazole rings is 1. The van der Waals surface area contributed by atoms with Crippen LogP contribution < -0.4 is 4.72 Å². The number of carbonyl (C=O) groups is 1. The number of carboxylic acid groups (broad SMARTS) is 1. The van der Waals surface area contributed by atoms with E-state index in [9.17, 15) is 22.0 Å². The van der Waals surface area contributed by atoms with Crippen LogP contribution in [0.1, 0.15) is 16.1 Å². The fourth-order valence-corrected chi connectivity index (χ4v) is 3.53. The number of hydrogen-bond acceptors (Lipinski definition) is 5. The largest absolute Gasteiger partial charge is 0.477 e. The van der Waals surface area contributed by atoms with Crippen LogP contribution in [0.25, 0.3) is 0 Å². The standard InChI is InChI=1S/C11H8F2N2O4S2/c1-5-4-20-11(14-5)15-21(18,19)7-3-2-6(12)8(9(7)13)10(16)17/h2-4H,1H3,(H,14,15)(H,16,17). The molecule has 0 amide bonds. The number of hydrogen-bond donors (Lipinski definition) is 2. The molecule has 2 aromatic rings. The van der Waals surface area contributed by atoms with Crippen LogP contribution in [0, 0.1) is 18.6 Å². The van der Waals surface area contributed by atoms with E-state index in [-0.39, 0.29) is 5.13 Å². The zero-order valence-electron chi connectivity index (χ0n) is 10.4. The van der Waals surface area contributed by atoms with E-state index in [2.05, 4.69) is 4.98 Å². The number of sulfonamides is 1. The van der Waals surface area contributed by atoms with Gasteiger partial charge in [-0.05, 0) is 19.1 Å². The predicted molar refractivity (Wildman–Crippen MR) is 71.0 cm³/mol. The second kappa shape index (κ2) is 5.37. The zero-order valence-corrected chi connectivity index (χ0v) is 12.1. The number of nitrogens with one attached hydrogen (secondary N) is 1. The molecule has 1 aromatic carbocycles. The molecule has 0 aliphatic heterocycles. The molecule has 0 fully saturated rings. The minimum absolute atomic E-state index is 0.00639. The SMILES string of the molecule is Cc1csc(NS(=O)(=O)c2ccc(F)c(C(=O)O)c2F)n1. The summed E-state index contributed by atoms with van der Waals surface area (Å²) in [6.45, 7) is 1.63. The summed E-state index contributed by atoms with van der Waals surface area (Å²) < 4.78 is 53.2. The van der Waals surface area contributed by atoms with Gasteiger partial charge in [0.05, 0.1) is 5.69 Å². The molecule has 0 bridgehead atoms. The van der Waals surface area contributed by atoms with Crippen molar-refractivity contribution in [2.24, 2.45) is 0 Å². The summed E-state index contributed by atoms with van der Waals surface area (Å²) in [5.41, 5.74) is -0.767. The lowest BCUT2D eigenvalue weighted by molar-refractivity contribution is 0.0685. The van der Waals surface area contributed by atoms with Gasteiger partial charge in [-0.25, -0.2) is 27.0 Å². The number of carboxylic acids is 1.